The molecule has 0 spiro atoms. The first kappa shape index (κ1) is 11.2. The van der Waals surface area contributed by atoms with Crippen molar-refractivity contribution in [3.8, 4) is 0 Å². The fourth-order valence-electron chi connectivity index (χ4n) is 3.23. The topological polar surface area (TPSA) is 9.23 Å². The molecule has 0 aromatic heterocycles. The van der Waals surface area contributed by atoms with E-state index in [9.17, 15) is 0 Å². The van der Waals surface area contributed by atoms with E-state index in [0.717, 1.165) is 11.8 Å². The number of fused-ring (bicyclic) bond motifs is 2. The lowest BCUT2D eigenvalue weighted by molar-refractivity contribution is -0.0616. The van der Waals surface area contributed by atoms with Crippen molar-refractivity contribution in [3.05, 3.63) is 11.6 Å². The summed E-state index contributed by atoms with van der Waals surface area (Å²) < 4.78 is 6.08. The van der Waals surface area contributed by atoms with Crippen molar-refractivity contribution in [3.63, 3.8) is 0 Å². The molecule has 1 nitrogen and oxygen atoms in total. The third-order valence-corrected chi connectivity index (χ3v) is 4.19. The molecule has 2 bridgehead atoms. The van der Waals surface area contributed by atoms with Gasteiger partial charge in [0, 0.05) is 5.92 Å². The Bertz CT molecular complexity index is 254. The highest BCUT2D eigenvalue weighted by Gasteiger charge is 2.38. The van der Waals surface area contributed by atoms with Crippen LogP contribution in [0.25, 0.3) is 0 Å². The summed E-state index contributed by atoms with van der Waals surface area (Å²) >= 11 is 0. The molecule has 0 N–H and O–H groups in total. The molecule has 15 heavy (non-hydrogen) atoms. The largest absolute Gasteiger partial charge is 0.375 e. The van der Waals surface area contributed by atoms with Gasteiger partial charge in [-0.05, 0) is 51.9 Å². The minimum absolute atomic E-state index is 0.369. The first-order valence-electron chi connectivity index (χ1n) is 6.40. The van der Waals surface area contributed by atoms with Gasteiger partial charge in [0.1, 0.15) is 0 Å². The van der Waals surface area contributed by atoms with E-state index in [1.54, 1.807) is 5.57 Å². The minimum Gasteiger partial charge on any atom is -0.375 e. The summed E-state index contributed by atoms with van der Waals surface area (Å²) in [6.07, 6.45) is 7.23. The molecule has 2 aliphatic rings. The van der Waals surface area contributed by atoms with Gasteiger partial charge in [-0.15, -0.1) is 0 Å². The highest BCUT2D eigenvalue weighted by atomic mass is 16.5. The summed E-state index contributed by atoms with van der Waals surface area (Å²) in [6.45, 7) is 8.98. The molecule has 1 heteroatoms. The lowest BCUT2D eigenvalue weighted by Crippen LogP contribution is -2.39. The van der Waals surface area contributed by atoms with Gasteiger partial charge in [-0.25, -0.2) is 0 Å². The lowest BCUT2D eigenvalue weighted by Gasteiger charge is -2.44. The Morgan fingerprint density at radius 3 is 2.73 bits per heavy atom. The van der Waals surface area contributed by atoms with E-state index in [-0.39, 0.29) is 0 Å². The monoisotopic (exact) mass is 208 g/mol. The molecule has 1 fully saturated rings. The second-order valence-electron chi connectivity index (χ2n) is 5.72. The molecular weight excluding hydrogens is 184 g/mol. The van der Waals surface area contributed by atoms with Crippen LogP contribution in [-0.2, 0) is 4.74 Å². The number of ether oxygens (including phenoxy) is 1. The average Bonchev–Trinajstić information content (AvgIpc) is 2.15. The summed E-state index contributed by atoms with van der Waals surface area (Å²) in [7, 11) is 0. The van der Waals surface area contributed by atoms with Gasteiger partial charge in [0.15, 0.2) is 0 Å². The van der Waals surface area contributed by atoms with Crippen LogP contribution in [0.4, 0.5) is 0 Å². The van der Waals surface area contributed by atoms with Crippen molar-refractivity contribution in [2.45, 2.75) is 59.2 Å². The molecule has 4 atom stereocenters. The van der Waals surface area contributed by atoms with Crippen LogP contribution in [0.1, 0.15) is 47.0 Å². The van der Waals surface area contributed by atoms with Crippen LogP contribution >= 0.6 is 0 Å². The van der Waals surface area contributed by atoms with Crippen molar-refractivity contribution in [2.75, 3.05) is 0 Å². The van der Waals surface area contributed by atoms with Crippen LogP contribution in [0.3, 0.4) is 0 Å². The Morgan fingerprint density at radius 1 is 1.33 bits per heavy atom. The molecule has 2 aliphatic carbocycles. The van der Waals surface area contributed by atoms with Gasteiger partial charge in [0.2, 0.25) is 0 Å². The minimum atomic E-state index is 0.369. The maximum absolute atomic E-state index is 6.08. The zero-order valence-corrected chi connectivity index (χ0v) is 10.5. The molecular formula is C14H24O. The maximum atomic E-state index is 6.08. The van der Waals surface area contributed by atoms with E-state index in [2.05, 4.69) is 33.8 Å². The molecule has 0 amide bonds. The summed E-state index contributed by atoms with van der Waals surface area (Å²) in [4.78, 5) is 0. The molecule has 0 radical (unpaired) electrons. The molecule has 86 valence electrons. The zero-order valence-electron chi connectivity index (χ0n) is 10.5. The lowest BCUT2D eigenvalue weighted by atomic mass is 9.66. The molecule has 0 aliphatic heterocycles. The van der Waals surface area contributed by atoms with E-state index in [0.29, 0.717) is 18.1 Å². The third-order valence-electron chi connectivity index (χ3n) is 4.19. The van der Waals surface area contributed by atoms with E-state index >= 15 is 0 Å². The summed E-state index contributed by atoms with van der Waals surface area (Å²) in [5, 5.41) is 0. The molecule has 0 heterocycles. The Balaban J connectivity index is 2.11. The standard InChI is InChI=1S/C14H24O/c1-9(2)15-14-7-11(4)12-6-5-10(3)13(14)8-12/h5,9,11-14H,6-8H2,1-4H3. The number of allylic oxidation sites excluding steroid dienone is 1. The van der Waals surface area contributed by atoms with Crippen LogP contribution in [0.15, 0.2) is 11.6 Å². The summed E-state index contributed by atoms with van der Waals surface area (Å²) in [6, 6.07) is 0. The first-order valence-corrected chi connectivity index (χ1v) is 6.40. The third kappa shape index (κ3) is 2.28. The number of rotatable bonds is 2. The highest BCUT2D eigenvalue weighted by molar-refractivity contribution is 5.13. The SMILES string of the molecule is CC1=CCC2CC1C(OC(C)C)CC2C. The molecule has 4 unspecified atom stereocenters. The second-order valence-corrected chi connectivity index (χ2v) is 5.72. The van der Waals surface area contributed by atoms with Gasteiger partial charge in [-0.3, -0.25) is 0 Å². The van der Waals surface area contributed by atoms with Gasteiger partial charge in [0.25, 0.3) is 0 Å². The van der Waals surface area contributed by atoms with E-state index in [4.69, 9.17) is 4.74 Å². The van der Waals surface area contributed by atoms with Crippen molar-refractivity contribution < 1.29 is 4.74 Å². The fraction of sp³-hybridized carbons (Fsp3) is 0.857. The van der Waals surface area contributed by atoms with Crippen LogP contribution in [0.5, 0.6) is 0 Å². The fourth-order valence-corrected chi connectivity index (χ4v) is 3.23. The van der Waals surface area contributed by atoms with Gasteiger partial charge in [0.05, 0.1) is 12.2 Å². The van der Waals surface area contributed by atoms with Crippen molar-refractivity contribution >= 4 is 0 Å². The predicted octanol–water partition coefficient (Wildman–Crippen LogP) is 3.79. The van der Waals surface area contributed by atoms with E-state index in [1.807, 2.05) is 0 Å². The summed E-state index contributed by atoms with van der Waals surface area (Å²) in [5.41, 5.74) is 1.57. The van der Waals surface area contributed by atoms with E-state index < -0.39 is 0 Å². The first-order chi connectivity index (χ1) is 7.08. The van der Waals surface area contributed by atoms with Crippen LogP contribution < -0.4 is 0 Å². The van der Waals surface area contributed by atoms with Gasteiger partial charge < -0.3 is 4.74 Å². The molecule has 1 saturated carbocycles. The second kappa shape index (κ2) is 4.29. The van der Waals surface area contributed by atoms with Crippen molar-refractivity contribution in [2.24, 2.45) is 17.8 Å². The smallest absolute Gasteiger partial charge is 0.0646 e. The van der Waals surface area contributed by atoms with Crippen LogP contribution in [-0.4, -0.2) is 12.2 Å². The Morgan fingerprint density at radius 2 is 2.07 bits per heavy atom. The maximum Gasteiger partial charge on any atom is 0.0646 e. The normalized spacial score (nSPS) is 40.5. The van der Waals surface area contributed by atoms with Crippen molar-refractivity contribution in [1.29, 1.82) is 0 Å². The number of hydrogen-bond acceptors (Lipinski definition) is 1. The molecule has 0 aromatic rings. The molecule has 0 aromatic carbocycles. The Labute approximate surface area is 93.9 Å². The zero-order chi connectivity index (χ0) is 11.0. The van der Waals surface area contributed by atoms with Gasteiger partial charge in [-0.1, -0.05) is 18.6 Å². The predicted molar refractivity (Wildman–Crippen MR) is 63.8 cm³/mol. The van der Waals surface area contributed by atoms with Gasteiger partial charge >= 0.3 is 0 Å². The van der Waals surface area contributed by atoms with E-state index in [1.165, 1.54) is 19.3 Å². The Hall–Kier alpha value is -0.300. The summed E-state index contributed by atoms with van der Waals surface area (Å²) in [5.74, 6) is 2.47. The number of hydrogen-bond donors (Lipinski definition) is 0. The highest BCUT2D eigenvalue weighted by Crippen LogP contribution is 2.44. The van der Waals surface area contributed by atoms with Crippen LogP contribution in [0.2, 0.25) is 0 Å². The Kier molecular flexibility index (Phi) is 3.20. The van der Waals surface area contributed by atoms with Crippen molar-refractivity contribution in [1.82, 2.24) is 0 Å². The van der Waals surface area contributed by atoms with Gasteiger partial charge in [-0.2, -0.15) is 0 Å². The van der Waals surface area contributed by atoms with Crippen LogP contribution in [0, 0.1) is 17.8 Å². The molecule has 2 rings (SSSR count). The quantitative estimate of drug-likeness (QED) is 0.627. The molecule has 0 saturated heterocycles. The average molecular weight is 208 g/mol.